The van der Waals surface area contributed by atoms with E-state index in [1.165, 1.54) is 6.42 Å². The molecule has 2 aromatic rings. The van der Waals surface area contributed by atoms with E-state index in [9.17, 15) is 9.59 Å². The maximum Gasteiger partial charge on any atom is 0.261 e. The van der Waals surface area contributed by atoms with Gasteiger partial charge in [-0.05, 0) is 69.4 Å². The molecule has 2 amide bonds. The highest BCUT2D eigenvalue weighted by Gasteiger charge is 2.34. The van der Waals surface area contributed by atoms with E-state index < -0.39 is 0 Å². The number of aryl methyl sites for hydroxylation is 1. The maximum atomic E-state index is 12.6. The van der Waals surface area contributed by atoms with E-state index in [-0.39, 0.29) is 23.8 Å². The Bertz CT molecular complexity index is 821. The lowest BCUT2D eigenvalue weighted by Gasteiger charge is -2.35. The quantitative estimate of drug-likeness (QED) is 0.667. The number of amides is 2. The number of thiazole rings is 1. The average Bonchev–Trinajstić information content (AvgIpc) is 3.35. The van der Waals surface area contributed by atoms with Gasteiger partial charge in [0.15, 0.2) is 0 Å². The zero-order valence-corrected chi connectivity index (χ0v) is 18.5. The van der Waals surface area contributed by atoms with Crippen LogP contribution in [0.2, 0.25) is 0 Å². The topological polar surface area (TPSA) is 71.1 Å². The van der Waals surface area contributed by atoms with Gasteiger partial charge in [0.1, 0.15) is 5.01 Å². The Labute approximate surface area is 180 Å². The third-order valence-electron chi connectivity index (χ3n) is 6.37. The summed E-state index contributed by atoms with van der Waals surface area (Å²) in [6.45, 7) is 2.75. The van der Waals surface area contributed by atoms with Crippen LogP contribution in [-0.2, 0) is 4.79 Å². The second-order valence-corrected chi connectivity index (χ2v) is 10.6. The molecule has 2 saturated carbocycles. The van der Waals surface area contributed by atoms with Crippen molar-refractivity contribution >= 4 is 34.5 Å². The molecule has 2 aliphatic carbocycles. The van der Waals surface area contributed by atoms with Crippen molar-refractivity contribution < 1.29 is 9.59 Å². The van der Waals surface area contributed by atoms with Crippen molar-refractivity contribution in [1.82, 2.24) is 15.6 Å². The van der Waals surface area contributed by atoms with Crippen LogP contribution >= 0.6 is 22.7 Å². The van der Waals surface area contributed by atoms with Crippen LogP contribution in [0.4, 0.5) is 0 Å². The smallest absolute Gasteiger partial charge is 0.261 e. The molecule has 0 bridgehead atoms. The molecule has 0 saturated heterocycles. The molecule has 0 spiro atoms. The Hall–Kier alpha value is -1.73. The normalized spacial score (nSPS) is 23.2. The van der Waals surface area contributed by atoms with Crippen molar-refractivity contribution in [3.63, 3.8) is 0 Å². The second-order valence-electron chi connectivity index (χ2n) is 8.39. The molecule has 2 heterocycles. The number of carbonyl (C=O) groups is 2. The van der Waals surface area contributed by atoms with Gasteiger partial charge < -0.3 is 10.6 Å². The van der Waals surface area contributed by atoms with Gasteiger partial charge in [-0.2, -0.15) is 0 Å². The van der Waals surface area contributed by atoms with Crippen LogP contribution in [0.25, 0.3) is 0 Å². The predicted molar refractivity (Wildman–Crippen MR) is 117 cm³/mol. The predicted octanol–water partition coefficient (Wildman–Crippen LogP) is 4.71. The first-order valence-electron chi connectivity index (χ1n) is 10.6. The summed E-state index contributed by atoms with van der Waals surface area (Å²) < 4.78 is 0. The van der Waals surface area contributed by atoms with Crippen LogP contribution < -0.4 is 10.6 Å². The highest BCUT2D eigenvalue weighted by atomic mass is 32.1. The molecule has 0 aromatic carbocycles. The van der Waals surface area contributed by atoms with Crippen molar-refractivity contribution in [2.45, 2.75) is 57.9 Å². The second kappa shape index (κ2) is 9.39. The lowest BCUT2D eigenvalue weighted by atomic mass is 9.78. The zero-order chi connectivity index (χ0) is 20.2. The Balaban J connectivity index is 1.29. The fraction of sp³-hybridized carbons (Fsp3) is 0.591. The zero-order valence-electron chi connectivity index (χ0n) is 16.9. The molecule has 5 nitrogen and oxygen atoms in total. The van der Waals surface area contributed by atoms with Crippen molar-refractivity contribution in [3.8, 4) is 0 Å². The van der Waals surface area contributed by atoms with E-state index in [0.717, 1.165) is 59.8 Å². The number of hydrogen-bond donors (Lipinski definition) is 2. The number of carbonyl (C=O) groups excluding carboxylic acids is 2. The van der Waals surface area contributed by atoms with E-state index in [4.69, 9.17) is 0 Å². The van der Waals surface area contributed by atoms with E-state index in [2.05, 4.69) is 15.6 Å². The molecule has 2 aromatic heterocycles. The summed E-state index contributed by atoms with van der Waals surface area (Å²) in [4.78, 5) is 31.3. The highest BCUT2D eigenvalue weighted by Crippen LogP contribution is 2.38. The number of rotatable bonds is 7. The van der Waals surface area contributed by atoms with Gasteiger partial charge in [-0.1, -0.05) is 6.42 Å². The Morgan fingerprint density at radius 2 is 1.97 bits per heavy atom. The van der Waals surface area contributed by atoms with Crippen molar-refractivity contribution in [2.75, 3.05) is 6.54 Å². The molecular weight excluding hydrogens is 402 g/mol. The van der Waals surface area contributed by atoms with Gasteiger partial charge in [0.2, 0.25) is 5.91 Å². The van der Waals surface area contributed by atoms with Gasteiger partial charge in [-0.3, -0.25) is 9.59 Å². The summed E-state index contributed by atoms with van der Waals surface area (Å²) in [7, 11) is 0. The van der Waals surface area contributed by atoms with Crippen molar-refractivity contribution in [3.05, 3.63) is 38.5 Å². The number of aromatic nitrogens is 1. The summed E-state index contributed by atoms with van der Waals surface area (Å²) in [6.07, 6.45) is 9.32. The summed E-state index contributed by atoms with van der Waals surface area (Å²) >= 11 is 3.18. The van der Waals surface area contributed by atoms with Gasteiger partial charge in [-0.25, -0.2) is 4.98 Å². The van der Waals surface area contributed by atoms with E-state index in [0.29, 0.717) is 11.8 Å². The van der Waals surface area contributed by atoms with Crippen LogP contribution in [0, 0.1) is 24.7 Å². The number of nitrogens with one attached hydrogen (secondary N) is 2. The Morgan fingerprint density at radius 1 is 1.17 bits per heavy atom. The molecule has 4 rings (SSSR count). The van der Waals surface area contributed by atoms with Crippen LogP contribution in [0.3, 0.4) is 0 Å². The number of thiophene rings is 1. The molecule has 2 aliphatic rings. The fourth-order valence-electron chi connectivity index (χ4n) is 4.32. The lowest BCUT2D eigenvalue weighted by Crippen LogP contribution is -2.41. The van der Waals surface area contributed by atoms with Crippen molar-refractivity contribution in [1.29, 1.82) is 0 Å². The van der Waals surface area contributed by atoms with E-state index in [1.807, 2.05) is 30.6 Å². The van der Waals surface area contributed by atoms with Gasteiger partial charge in [0.05, 0.1) is 10.9 Å². The molecule has 0 aliphatic heterocycles. The van der Waals surface area contributed by atoms with Crippen LogP contribution in [-0.4, -0.2) is 23.3 Å². The summed E-state index contributed by atoms with van der Waals surface area (Å²) in [5.41, 5.74) is 0. The number of nitrogens with zero attached hydrogens (tertiary/aromatic N) is 1. The molecule has 0 radical (unpaired) electrons. The molecule has 0 unspecified atom stereocenters. The fourth-order valence-corrected chi connectivity index (χ4v) is 5.88. The van der Waals surface area contributed by atoms with Crippen molar-refractivity contribution in [2.24, 2.45) is 17.8 Å². The largest absolute Gasteiger partial charge is 0.351 e. The Morgan fingerprint density at radius 3 is 2.55 bits per heavy atom. The molecular formula is C22H29N3O2S2. The first-order valence-corrected chi connectivity index (χ1v) is 12.3. The van der Waals surface area contributed by atoms with Crippen LogP contribution in [0.1, 0.15) is 70.5 Å². The third-order valence-corrected chi connectivity index (χ3v) is 8.23. The average molecular weight is 432 g/mol. The van der Waals surface area contributed by atoms with Gasteiger partial charge >= 0.3 is 0 Å². The molecule has 156 valence electrons. The van der Waals surface area contributed by atoms with E-state index in [1.54, 1.807) is 22.7 Å². The first-order chi connectivity index (χ1) is 14.1. The minimum atomic E-state index is 0.0349. The highest BCUT2D eigenvalue weighted by molar-refractivity contribution is 7.13. The Kier molecular flexibility index (Phi) is 6.65. The van der Waals surface area contributed by atoms with Gasteiger partial charge in [0, 0.05) is 28.9 Å². The third kappa shape index (κ3) is 5.07. The monoisotopic (exact) mass is 431 g/mol. The molecule has 29 heavy (non-hydrogen) atoms. The summed E-state index contributed by atoms with van der Waals surface area (Å²) in [5, 5.41) is 9.45. The lowest BCUT2D eigenvalue weighted by molar-refractivity contribution is -0.128. The minimum Gasteiger partial charge on any atom is -0.351 e. The minimum absolute atomic E-state index is 0.0349. The van der Waals surface area contributed by atoms with Crippen LogP contribution in [0.15, 0.2) is 23.7 Å². The molecule has 1 atom stereocenters. The number of hydrogen-bond acceptors (Lipinski definition) is 5. The molecule has 2 N–H and O–H groups in total. The summed E-state index contributed by atoms with van der Waals surface area (Å²) in [5.74, 6) is 1.38. The summed E-state index contributed by atoms with van der Waals surface area (Å²) in [6, 6.07) is 3.92. The van der Waals surface area contributed by atoms with Gasteiger partial charge in [-0.15, -0.1) is 22.7 Å². The maximum absolute atomic E-state index is 12.6. The van der Waals surface area contributed by atoms with Crippen LogP contribution in [0.5, 0.6) is 0 Å². The standard InChI is InChI=1S/C22H29N3O2S2/c1-14-5-10-18(29-14)21(27)24-13-15-6-8-16(9-7-15)19(22-23-11-12-28-22)25-20(26)17-3-2-4-17/h5,10-12,15-17,19H,2-4,6-9,13H2,1H3,(H,24,27)(H,25,26)/t15?,16?,19-/m1/s1. The first kappa shape index (κ1) is 20.5. The molecule has 2 fully saturated rings. The molecule has 7 heteroatoms. The van der Waals surface area contributed by atoms with E-state index >= 15 is 0 Å². The SMILES string of the molecule is Cc1ccc(C(=O)NCC2CCC([C@@H](NC(=O)C3CCC3)c3nccs3)CC2)s1. The van der Waals surface area contributed by atoms with Gasteiger partial charge in [0.25, 0.3) is 5.91 Å².